The SMILES string of the molecule is Cc1cc(C)c(Oc2cc(NC3CCN(Cc4ccncc4)CC3)nc3ncnn23)c(C)c1. The summed E-state index contributed by atoms with van der Waals surface area (Å²) < 4.78 is 7.99. The fourth-order valence-corrected chi connectivity index (χ4v) is 4.56. The molecule has 4 aromatic rings. The summed E-state index contributed by atoms with van der Waals surface area (Å²) in [6.45, 7) is 9.27. The normalized spacial score (nSPS) is 15.1. The molecule has 8 heteroatoms. The van der Waals surface area contributed by atoms with Crippen molar-refractivity contribution in [2.45, 2.75) is 46.2 Å². The largest absolute Gasteiger partial charge is 0.438 e. The number of likely N-dealkylation sites (tertiary alicyclic amines) is 1. The smallest absolute Gasteiger partial charge is 0.257 e. The molecule has 0 amide bonds. The lowest BCUT2D eigenvalue weighted by Gasteiger charge is -2.32. The fraction of sp³-hybridized carbons (Fsp3) is 0.360. The van der Waals surface area contributed by atoms with Crippen LogP contribution in [0.3, 0.4) is 0 Å². The number of aromatic nitrogens is 5. The summed E-state index contributed by atoms with van der Waals surface area (Å²) in [6, 6.07) is 10.7. The van der Waals surface area contributed by atoms with E-state index in [1.165, 1.54) is 17.5 Å². The van der Waals surface area contributed by atoms with Gasteiger partial charge in [0.2, 0.25) is 5.88 Å². The van der Waals surface area contributed by atoms with Crippen molar-refractivity contribution in [3.63, 3.8) is 0 Å². The molecule has 4 heterocycles. The van der Waals surface area contributed by atoms with Gasteiger partial charge in [0.1, 0.15) is 17.9 Å². The van der Waals surface area contributed by atoms with E-state index in [0.29, 0.717) is 17.7 Å². The molecule has 0 unspecified atom stereocenters. The van der Waals surface area contributed by atoms with E-state index in [4.69, 9.17) is 4.74 Å². The minimum Gasteiger partial charge on any atom is -0.438 e. The zero-order chi connectivity index (χ0) is 22.8. The lowest BCUT2D eigenvalue weighted by molar-refractivity contribution is 0.211. The molecule has 0 aliphatic carbocycles. The van der Waals surface area contributed by atoms with Crippen molar-refractivity contribution in [2.24, 2.45) is 0 Å². The van der Waals surface area contributed by atoms with Crippen LogP contribution in [0.25, 0.3) is 5.78 Å². The molecule has 5 rings (SSSR count). The topological polar surface area (TPSA) is 80.5 Å². The van der Waals surface area contributed by atoms with Gasteiger partial charge in [0, 0.05) is 44.1 Å². The van der Waals surface area contributed by atoms with E-state index in [1.807, 2.05) is 18.5 Å². The number of benzene rings is 1. The predicted octanol–water partition coefficient (Wildman–Crippen LogP) is 4.31. The van der Waals surface area contributed by atoms with Crippen LogP contribution in [0.5, 0.6) is 11.6 Å². The minimum atomic E-state index is 0.354. The number of anilines is 1. The molecular weight excluding hydrogens is 414 g/mol. The van der Waals surface area contributed by atoms with Gasteiger partial charge in [-0.25, -0.2) is 0 Å². The fourth-order valence-electron chi connectivity index (χ4n) is 4.56. The lowest BCUT2D eigenvalue weighted by atomic mass is 10.0. The highest BCUT2D eigenvalue weighted by Crippen LogP contribution is 2.31. The van der Waals surface area contributed by atoms with Gasteiger partial charge in [-0.3, -0.25) is 9.88 Å². The molecular formula is C25H29N7O. The number of aryl methyl sites for hydroxylation is 3. The van der Waals surface area contributed by atoms with Crippen molar-refractivity contribution >= 4 is 11.6 Å². The molecule has 0 atom stereocenters. The zero-order valence-electron chi connectivity index (χ0n) is 19.3. The van der Waals surface area contributed by atoms with Crippen LogP contribution in [0.1, 0.15) is 35.1 Å². The van der Waals surface area contributed by atoms with Crippen molar-refractivity contribution < 1.29 is 4.74 Å². The molecule has 0 spiro atoms. The number of nitrogens with zero attached hydrogens (tertiary/aromatic N) is 6. The predicted molar refractivity (Wildman–Crippen MR) is 128 cm³/mol. The van der Waals surface area contributed by atoms with Crippen molar-refractivity contribution in [3.05, 3.63) is 71.3 Å². The second-order valence-electron chi connectivity index (χ2n) is 8.83. The van der Waals surface area contributed by atoms with Crippen LogP contribution in [0, 0.1) is 20.8 Å². The van der Waals surface area contributed by atoms with Crippen LogP contribution in [0.15, 0.2) is 49.1 Å². The van der Waals surface area contributed by atoms with Gasteiger partial charge in [-0.1, -0.05) is 17.7 Å². The third kappa shape index (κ3) is 4.80. The number of nitrogens with one attached hydrogen (secondary N) is 1. The highest BCUT2D eigenvalue weighted by Gasteiger charge is 2.21. The summed E-state index contributed by atoms with van der Waals surface area (Å²) >= 11 is 0. The Morgan fingerprint density at radius 3 is 2.48 bits per heavy atom. The van der Waals surface area contributed by atoms with E-state index < -0.39 is 0 Å². The lowest BCUT2D eigenvalue weighted by Crippen LogP contribution is -2.38. The van der Waals surface area contributed by atoms with Crippen molar-refractivity contribution in [1.29, 1.82) is 0 Å². The number of fused-ring (bicyclic) bond motifs is 1. The Kier molecular flexibility index (Phi) is 5.92. The third-order valence-corrected chi connectivity index (χ3v) is 6.13. The van der Waals surface area contributed by atoms with E-state index in [2.05, 4.69) is 75.3 Å². The molecule has 1 fully saturated rings. The maximum Gasteiger partial charge on any atom is 0.257 e. The Bertz CT molecular complexity index is 1220. The first-order valence-electron chi connectivity index (χ1n) is 11.4. The number of piperidine rings is 1. The molecule has 0 saturated carbocycles. The van der Waals surface area contributed by atoms with Crippen molar-refractivity contribution in [3.8, 4) is 11.6 Å². The first kappa shape index (κ1) is 21.3. The Hall–Kier alpha value is -3.52. The summed E-state index contributed by atoms with van der Waals surface area (Å²) in [7, 11) is 0. The second-order valence-corrected chi connectivity index (χ2v) is 8.83. The maximum absolute atomic E-state index is 6.35. The van der Waals surface area contributed by atoms with Gasteiger partial charge < -0.3 is 10.1 Å². The van der Waals surface area contributed by atoms with E-state index in [0.717, 1.165) is 55.2 Å². The average Bonchev–Trinajstić information content (AvgIpc) is 3.27. The van der Waals surface area contributed by atoms with E-state index in [-0.39, 0.29) is 0 Å². The third-order valence-electron chi connectivity index (χ3n) is 6.13. The van der Waals surface area contributed by atoms with E-state index in [9.17, 15) is 0 Å². The number of rotatable bonds is 6. The molecule has 1 N–H and O–H groups in total. The number of hydrogen-bond donors (Lipinski definition) is 1. The highest BCUT2D eigenvalue weighted by atomic mass is 16.5. The van der Waals surface area contributed by atoms with Crippen LogP contribution in [0.2, 0.25) is 0 Å². The van der Waals surface area contributed by atoms with Crippen LogP contribution in [0.4, 0.5) is 5.82 Å². The Morgan fingerprint density at radius 1 is 1.03 bits per heavy atom. The van der Waals surface area contributed by atoms with Crippen molar-refractivity contribution in [1.82, 2.24) is 29.5 Å². The molecule has 3 aromatic heterocycles. The summed E-state index contributed by atoms with van der Waals surface area (Å²) in [5.41, 5.74) is 4.71. The quantitative estimate of drug-likeness (QED) is 0.475. The molecule has 1 aliphatic rings. The van der Waals surface area contributed by atoms with Crippen molar-refractivity contribution in [2.75, 3.05) is 18.4 Å². The molecule has 8 nitrogen and oxygen atoms in total. The van der Waals surface area contributed by atoms with Gasteiger partial charge >= 0.3 is 0 Å². The zero-order valence-corrected chi connectivity index (χ0v) is 19.3. The first-order chi connectivity index (χ1) is 16.0. The van der Waals surface area contributed by atoms with Crippen LogP contribution in [-0.4, -0.2) is 48.6 Å². The monoisotopic (exact) mass is 443 g/mol. The molecule has 33 heavy (non-hydrogen) atoms. The molecule has 170 valence electrons. The van der Waals surface area contributed by atoms with Crippen LogP contribution in [-0.2, 0) is 6.54 Å². The van der Waals surface area contributed by atoms with Crippen LogP contribution < -0.4 is 10.1 Å². The van der Waals surface area contributed by atoms with Gasteiger partial charge in [0.05, 0.1) is 0 Å². The standard InChI is InChI=1S/C25H29N7O/c1-17-12-18(2)24(19(3)13-17)33-23-14-22(30-25-27-16-28-32(23)25)29-21-6-10-31(11-7-21)15-20-4-8-26-9-5-20/h4-5,8-9,12-14,16,21H,6-7,10-11,15H2,1-3H3,(H,27,28,29,30). The molecule has 1 aliphatic heterocycles. The summed E-state index contributed by atoms with van der Waals surface area (Å²) in [6.07, 6.45) is 7.32. The maximum atomic E-state index is 6.35. The average molecular weight is 444 g/mol. The number of ether oxygens (including phenoxy) is 1. The van der Waals surface area contributed by atoms with Gasteiger partial charge in [-0.05, 0) is 62.4 Å². The highest BCUT2D eigenvalue weighted by molar-refractivity contribution is 5.50. The Labute approximate surface area is 193 Å². The first-order valence-corrected chi connectivity index (χ1v) is 11.4. The molecule has 0 radical (unpaired) electrons. The summed E-state index contributed by atoms with van der Waals surface area (Å²) in [5, 5.41) is 7.91. The molecule has 1 saturated heterocycles. The second kappa shape index (κ2) is 9.15. The van der Waals surface area contributed by atoms with Gasteiger partial charge in [-0.15, -0.1) is 0 Å². The number of hydrogen-bond acceptors (Lipinski definition) is 7. The number of pyridine rings is 1. The summed E-state index contributed by atoms with van der Waals surface area (Å²) in [5.74, 6) is 2.73. The van der Waals surface area contributed by atoms with E-state index in [1.54, 1.807) is 4.52 Å². The van der Waals surface area contributed by atoms with Gasteiger partial charge in [0.15, 0.2) is 0 Å². The van der Waals surface area contributed by atoms with E-state index >= 15 is 0 Å². The minimum absolute atomic E-state index is 0.354. The Balaban J connectivity index is 1.30. The molecule has 0 bridgehead atoms. The van der Waals surface area contributed by atoms with Gasteiger partial charge in [-0.2, -0.15) is 19.6 Å². The van der Waals surface area contributed by atoms with Crippen LogP contribution >= 0.6 is 0 Å². The van der Waals surface area contributed by atoms with Gasteiger partial charge in [0.25, 0.3) is 5.78 Å². The Morgan fingerprint density at radius 2 is 1.76 bits per heavy atom. The summed E-state index contributed by atoms with van der Waals surface area (Å²) in [4.78, 5) is 15.5. The molecule has 1 aromatic carbocycles.